The van der Waals surface area contributed by atoms with E-state index in [1.165, 1.54) is 7.11 Å². The van der Waals surface area contributed by atoms with Crippen LogP contribution in [0.2, 0.25) is 0 Å². The first-order chi connectivity index (χ1) is 12.1. The minimum absolute atomic E-state index is 0.126. The summed E-state index contributed by atoms with van der Waals surface area (Å²) in [6.07, 6.45) is 5.37. The average molecular weight is 341 g/mol. The zero-order valence-electron chi connectivity index (χ0n) is 14.6. The monoisotopic (exact) mass is 341 g/mol. The first-order valence-corrected chi connectivity index (χ1v) is 8.61. The highest BCUT2D eigenvalue weighted by Gasteiger charge is 2.20. The Morgan fingerprint density at radius 1 is 1.28 bits per heavy atom. The molecule has 6 nitrogen and oxygen atoms in total. The van der Waals surface area contributed by atoms with Gasteiger partial charge in [0.2, 0.25) is 0 Å². The Balaban J connectivity index is 1.64. The number of rotatable bonds is 5. The van der Waals surface area contributed by atoms with Crippen LogP contribution in [0.15, 0.2) is 30.5 Å². The second kappa shape index (κ2) is 7.51. The van der Waals surface area contributed by atoms with Crippen LogP contribution in [-0.4, -0.2) is 28.8 Å². The molecular weight excluding hydrogens is 318 g/mol. The lowest BCUT2D eigenvalue weighted by molar-refractivity contribution is -0.144. The largest absolute Gasteiger partial charge is 0.469 e. The maximum absolute atomic E-state index is 12.5. The van der Waals surface area contributed by atoms with Gasteiger partial charge in [-0.3, -0.25) is 14.3 Å². The van der Waals surface area contributed by atoms with Crippen LogP contribution in [0, 0.1) is 5.92 Å². The summed E-state index contributed by atoms with van der Waals surface area (Å²) in [6, 6.07) is 7.55. The van der Waals surface area contributed by atoms with E-state index in [0.29, 0.717) is 12.0 Å². The van der Waals surface area contributed by atoms with Crippen molar-refractivity contribution in [2.75, 3.05) is 12.4 Å². The highest BCUT2D eigenvalue weighted by atomic mass is 16.5. The lowest BCUT2D eigenvalue weighted by Crippen LogP contribution is -2.17. The predicted octanol–water partition coefficient (Wildman–Crippen LogP) is 2.82. The van der Waals surface area contributed by atoms with E-state index in [1.807, 2.05) is 35.9 Å². The molecule has 0 bridgehead atoms. The molecule has 1 aromatic carbocycles. The Bertz CT molecular complexity index is 765. The number of methoxy groups -OCH3 is 1. The van der Waals surface area contributed by atoms with Crippen LogP contribution in [0.1, 0.15) is 41.4 Å². The minimum atomic E-state index is -0.219. The van der Waals surface area contributed by atoms with Gasteiger partial charge >= 0.3 is 5.97 Å². The summed E-state index contributed by atoms with van der Waals surface area (Å²) >= 11 is 0. The zero-order chi connectivity index (χ0) is 17.8. The van der Waals surface area contributed by atoms with Gasteiger partial charge < -0.3 is 10.1 Å². The highest BCUT2D eigenvalue weighted by Crippen LogP contribution is 2.20. The SMILES string of the molecule is COC(=O)[C@@H](C)Cc1ccc(NC(=O)c2cnn3c2CCCC3)cc1. The molecule has 25 heavy (non-hydrogen) atoms. The van der Waals surface area contributed by atoms with Crippen molar-refractivity contribution in [3.63, 3.8) is 0 Å². The standard InChI is InChI=1S/C19H23N3O3/c1-13(19(24)25-2)11-14-6-8-15(9-7-14)21-18(23)16-12-20-22-10-4-3-5-17(16)22/h6-9,12-13H,3-5,10-11H2,1-2H3,(H,21,23)/t13-/m0/s1. The first-order valence-electron chi connectivity index (χ1n) is 8.61. The Hall–Kier alpha value is -2.63. The summed E-state index contributed by atoms with van der Waals surface area (Å²) in [5.41, 5.74) is 3.43. The van der Waals surface area contributed by atoms with Crippen molar-refractivity contribution in [3.8, 4) is 0 Å². The third-order valence-electron chi connectivity index (χ3n) is 4.58. The lowest BCUT2D eigenvalue weighted by atomic mass is 10.0. The highest BCUT2D eigenvalue weighted by molar-refractivity contribution is 6.05. The van der Waals surface area contributed by atoms with Crippen LogP contribution in [0.3, 0.4) is 0 Å². The second-order valence-electron chi connectivity index (χ2n) is 6.46. The fourth-order valence-corrected chi connectivity index (χ4v) is 3.17. The molecule has 1 aliphatic rings. The Morgan fingerprint density at radius 2 is 2.04 bits per heavy atom. The van der Waals surface area contributed by atoms with E-state index in [-0.39, 0.29) is 17.8 Å². The summed E-state index contributed by atoms with van der Waals surface area (Å²) in [6.45, 7) is 2.72. The molecule has 3 rings (SSSR count). The number of fused-ring (bicyclic) bond motifs is 1. The van der Waals surface area contributed by atoms with E-state index in [4.69, 9.17) is 4.74 Å². The molecule has 0 unspecified atom stereocenters. The van der Waals surface area contributed by atoms with Crippen molar-refractivity contribution >= 4 is 17.6 Å². The van der Waals surface area contributed by atoms with Crippen molar-refractivity contribution in [1.29, 1.82) is 0 Å². The molecule has 0 saturated carbocycles. The van der Waals surface area contributed by atoms with Crippen LogP contribution >= 0.6 is 0 Å². The predicted molar refractivity (Wildman–Crippen MR) is 94.4 cm³/mol. The Kier molecular flexibility index (Phi) is 5.16. The third kappa shape index (κ3) is 3.90. The topological polar surface area (TPSA) is 73.2 Å². The molecule has 1 aliphatic heterocycles. The number of carbonyl (C=O) groups is 2. The maximum atomic E-state index is 12.5. The van der Waals surface area contributed by atoms with E-state index in [1.54, 1.807) is 6.20 Å². The van der Waals surface area contributed by atoms with Crippen LogP contribution in [0.25, 0.3) is 0 Å². The summed E-state index contributed by atoms with van der Waals surface area (Å²) in [4.78, 5) is 24.0. The van der Waals surface area contributed by atoms with Crippen LogP contribution in [0.4, 0.5) is 5.69 Å². The molecule has 1 N–H and O–H groups in total. The molecule has 1 aromatic heterocycles. The number of hydrogen-bond donors (Lipinski definition) is 1. The van der Waals surface area contributed by atoms with Gasteiger partial charge in [-0.1, -0.05) is 19.1 Å². The molecule has 1 atom stereocenters. The number of aromatic nitrogens is 2. The molecule has 0 radical (unpaired) electrons. The van der Waals surface area contributed by atoms with E-state index in [2.05, 4.69) is 10.4 Å². The third-order valence-corrected chi connectivity index (χ3v) is 4.58. The number of nitrogens with zero attached hydrogens (tertiary/aromatic N) is 2. The van der Waals surface area contributed by atoms with Crippen molar-refractivity contribution in [2.24, 2.45) is 5.92 Å². The lowest BCUT2D eigenvalue weighted by Gasteiger charge is -2.14. The number of anilines is 1. The summed E-state index contributed by atoms with van der Waals surface area (Å²) in [5.74, 6) is -0.536. The Morgan fingerprint density at radius 3 is 2.76 bits per heavy atom. The van der Waals surface area contributed by atoms with Gasteiger partial charge in [0.15, 0.2) is 0 Å². The summed E-state index contributed by atoms with van der Waals surface area (Å²) < 4.78 is 6.67. The van der Waals surface area contributed by atoms with Gasteiger partial charge in [-0.05, 0) is 43.4 Å². The maximum Gasteiger partial charge on any atom is 0.308 e. The molecule has 6 heteroatoms. The fraction of sp³-hybridized carbons (Fsp3) is 0.421. The number of amides is 1. The summed E-state index contributed by atoms with van der Waals surface area (Å²) in [5, 5.41) is 7.23. The van der Waals surface area contributed by atoms with Crippen molar-refractivity contribution in [1.82, 2.24) is 9.78 Å². The van der Waals surface area contributed by atoms with Gasteiger partial charge in [0, 0.05) is 12.2 Å². The fourth-order valence-electron chi connectivity index (χ4n) is 3.17. The van der Waals surface area contributed by atoms with Gasteiger partial charge in [0.05, 0.1) is 30.5 Å². The molecule has 1 amide bonds. The molecule has 2 heterocycles. The van der Waals surface area contributed by atoms with Crippen molar-refractivity contribution in [3.05, 3.63) is 47.3 Å². The van der Waals surface area contributed by atoms with Gasteiger partial charge in [-0.25, -0.2) is 0 Å². The van der Waals surface area contributed by atoms with Crippen LogP contribution < -0.4 is 5.32 Å². The number of carbonyl (C=O) groups excluding carboxylic acids is 2. The van der Waals surface area contributed by atoms with Crippen molar-refractivity contribution in [2.45, 2.75) is 39.2 Å². The average Bonchev–Trinajstić information content (AvgIpc) is 3.06. The van der Waals surface area contributed by atoms with Gasteiger partial charge in [0.25, 0.3) is 5.91 Å². The van der Waals surface area contributed by atoms with E-state index < -0.39 is 0 Å². The van der Waals surface area contributed by atoms with Gasteiger partial charge in [0.1, 0.15) is 0 Å². The van der Waals surface area contributed by atoms with Crippen LogP contribution in [0.5, 0.6) is 0 Å². The normalized spacial score (nSPS) is 14.5. The zero-order valence-corrected chi connectivity index (χ0v) is 14.6. The molecule has 2 aromatic rings. The molecule has 0 saturated heterocycles. The molecule has 0 aliphatic carbocycles. The molecule has 0 fully saturated rings. The molecule has 132 valence electrons. The van der Waals surface area contributed by atoms with E-state index in [9.17, 15) is 9.59 Å². The minimum Gasteiger partial charge on any atom is -0.469 e. The smallest absolute Gasteiger partial charge is 0.308 e. The Labute approximate surface area is 147 Å². The summed E-state index contributed by atoms with van der Waals surface area (Å²) in [7, 11) is 1.40. The van der Waals surface area contributed by atoms with E-state index >= 15 is 0 Å². The van der Waals surface area contributed by atoms with E-state index in [0.717, 1.165) is 42.8 Å². The van der Waals surface area contributed by atoms with Crippen molar-refractivity contribution < 1.29 is 14.3 Å². The second-order valence-corrected chi connectivity index (χ2v) is 6.46. The number of aryl methyl sites for hydroxylation is 1. The van der Waals surface area contributed by atoms with Gasteiger partial charge in [-0.2, -0.15) is 5.10 Å². The molecule has 0 spiro atoms. The number of nitrogens with one attached hydrogen (secondary N) is 1. The quantitative estimate of drug-likeness (QED) is 0.849. The number of esters is 1. The number of ether oxygens (including phenoxy) is 1. The van der Waals surface area contributed by atoms with Gasteiger partial charge in [-0.15, -0.1) is 0 Å². The first kappa shape index (κ1) is 17.2. The van der Waals surface area contributed by atoms with Crippen LogP contribution in [-0.2, 0) is 28.9 Å². The number of benzene rings is 1. The molecular formula is C19H23N3O3. The number of hydrogen-bond acceptors (Lipinski definition) is 4.